The molecule has 0 bridgehead atoms. The van der Waals surface area contributed by atoms with Gasteiger partial charge in [0, 0.05) is 12.4 Å². The van der Waals surface area contributed by atoms with Gasteiger partial charge in [-0.1, -0.05) is 24.3 Å². The lowest BCUT2D eigenvalue weighted by Gasteiger charge is -2.19. The lowest BCUT2D eigenvalue weighted by atomic mass is 9.96. The predicted octanol–water partition coefficient (Wildman–Crippen LogP) is 3.60. The second kappa shape index (κ2) is 8.84. The molecule has 0 amide bonds. The number of benzene rings is 2. The highest BCUT2D eigenvalue weighted by atomic mass is 16.5. The van der Waals surface area contributed by atoms with Crippen LogP contribution in [0.5, 0.6) is 11.5 Å². The molecule has 2 aromatic heterocycles. The van der Waals surface area contributed by atoms with Gasteiger partial charge in [-0.25, -0.2) is 5.10 Å². The van der Waals surface area contributed by atoms with Crippen molar-refractivity contribution in [1.29, 1.82) is 5.26 Å². The Hall–Kier alpha value is -4.25. The van der Waals surface area contributed by atoms with Crippen molar-refractivity contribution in [2.75, 3.05) is 0 Å². The van der Waals surface area contributed by atoms with Crippen LogP contribution >= 0.6 is 0 Å². The van der Waals surface area contributed by atoms with Crippen LogP contribution in [0.25, 0.3) is 11.1 Å². The van der Waals surface area contributed by atoms with Gasteiger partial charge in [0.2, 0.25) is 0 Å². The first-order valence-corrected chi connectivity index (χ1v) is 9.26. The van der Waals surface area contributed by atoms with E-state index in [1.807, 2.05) is 43.3 Å². The summed E-state index contributed by atoms with van der Waals surface area (Å²) in [7, 11) is 0. The average Bonchev–Trinajstić information content (AvgIpc) is 3.31. The number of hydrogen-bond acceptors (Lipinski definition) is 7. The van der Waals surface area contributed by atoms with Crippen molar-refractivity contribution in [3.8, 4) is 28.7 Å². The molecule has 0 saturated carbocycles. The van der Waals surface area contributed by atoms with Crippen molar-refractivity contribution in [2.45, 2.75) is 20.1 Å². The van der Waals surface area contributed by atoms with E-state index in [0.29, 0.717) is 35.1 Å². The number of aromatic amines is 1. The second-order valence-electron chi connectivity index (χ2n) is 6.52. The highest BCUT2D eigenvalue weighted by molar-refractivity contribution is 5.81. The fourth-order valence-electron chi connectivity index (χ4n) is 3.05. The van der Waals surface area contributed by atoms with Gasteiger partial charge in [0.25, 0.3) is 0 Å². The van der Waals surface area contributed by atoms with Crippen LogP contribution in [-0.4, -0.2) is 25.6 Å². The zero-order valence-corrected chi connectivity index (χ0v) is 16.2. The number of nitrogens with one attached hydrogen (secondary N) is 1. The van der Waals surface area contributed by atoms with Crippen molar-refractivity contribution < 1.29 is 9.47 Å². The molecule has 2 heterocycles. The summed E-state index contributed by atoms with van der Waals surface area (Å²) in [6, 6.07) is 17.4. The maximum absolute atomic E-state index is 9.69. The highest BCUT2D eigenvalue weighted by Crippen LogP contribution is 2.42. The SMILES string of the molecule is Cc1ccccc1-c1c(OCc2ccncc2)ccc(C#N)c1OCc1nnn[nH]1. The van der Waals surface area contributed by atoms with Gasteiger partial charge in [0.15, 0.2) is 5.82 Å². The first-order chi connectivity index (χ1) is 14.8. The molecule has 0 atom stereocenters. The van der Waals surface area contributed by atoms with Crippen molar-refractivity contribution in [3.05, 3.63) is 83.4 Å². The van der Waals surface area contributed by atoms with E-state index in [1.54, 1.807) is 24.5 Å². The van der Waals surface area contributed by atoms with E-state index >= 15 is 0 Å². The molecular formula is C22H18N6O2. The van der Waals surface area contributed by atoms with Crippen LogP contribution in [0.2, 0.25) is 0 Å². The normalized spacial score (nSPS) is 10.4. The number of aryl methyl sites for hydroxylation is 1. The molecule has 0 aliphatic carbocycles. The van der Waals surface area contributed by atoms with Gasteiger partial charge < -0.3 is 9.47 Å². The third kappa shape index (κ3) is 4.10. The first-order valence-electron chi connectivity index (χ1n) is 9.26. The summed E-state index contributed by atoms with van der Waals surface area (Å²) in [5.41, 5.74) is 4.06. The molecule has 0 radical (unpaired) electrons. The third-order valence-electron chi connectivity index (χ3n) is 4.54. The molecule has 148 valence electrons. The monoisotopic (exact) mass is 398 g/mol. The summed E-state index contributed by atoms with van der Waals surface area (Å²) < 4.78 is 12.2. The van der Waals surface area contributed by atoms with Gasteiger partial charge in [-0.3, -0.25) is 4.98 Å². The topological polar surface area (TPSA) is 110 Å². The molecule has 4 rings (SSSR count). The molecule has 0 spiro atoms. The van der Waals surface area contributed by atoms with Gasteiger partial charge in [-0.05, 0) is 58.3 Å². The lowest BCUT2D eigenvalue weighted by molar-refractivity contribution is 0.286. The van der Waals surface area contributed by atoms with Gasteiger partial charge in [0.05, 0.1) is 11.1 Å². The van der Waals surface area contributed by atoms with E-state index < -0.39 is 0 Å². The van der Waals surface area contributed by atoms with Crippen LogP contribution in [0, 0.1) is 18.3 Å². The van der Waals surface area contributed by atoms with E-state index in [2.05, 4.69) is 31.7 Å². The minimum absolute atomic E-state index is 0.0916. The van der Waals surface area contributed by atoms with E-state index in [0.717, 1.165) is 16.7 Å². The minimum atomic E-state index is 0.0916. The Balaban J connectivity index is 1.77. The van der Waals surface area contributed by atoms with Gasteiger partial charge >= 0.3 is 0 Å². The molecular weight excluding hydrogens is 380 g/mol. The second-order valence-corrected chi connectivity index (χ2v) is 6.52. The van der Waals surface area contributed by atoms with Crippen LogP contribution in [0.15, 0.2) is 60.9 Å². The van der Waals surface area contributed by atoms with Gasteiger partial charge in [-0.15, -0.1) is 5.10 Å². The van der Waals surface area contributed by atoms with Gasteiger partial charge in [-0.2, -0.15) is 5.26 Å². The summed E-state index contributed by atoms with van der Waals surface area (Å²) in [5.74, 6) is 1.50. The summed E-state index contributed by atoms with van der Waals surface area (Å²) in [6.07, 6.45) is 3.44. The molecule has 8 nitrogen and oxygen atoms in total. The molecule has 0 aliphatic rings. The maximum atomic E-state index is 9.69. The summed E-state index contributed by atoms with van der Waals surface area (Å²) in [6.45, 7) is 2.46. The Morgan fingerprint density at radius 1 is 1.00 bits per heavy atom. The van der Waals surface area contributed by atoms with E-state index in [-0.39, 0.29) is 6.61 Å². The minimum Gasteiger partial charge on any atom is -0.488 e. The van der Waals surface area contributed by atoms with Crippen LogP contribution < -0.4 is 9.47 Å². The number of rotatable bonds is 7. The molecule has 0 fully saturated rings. The van der Waals surface area contributed by atoms with Crippen LogP contribution in [0.3, 0.4) is 0 Å². The molecule has 0 aliphatic heterocycles. The Morgan fingerprint density at radius 3 is 2.57 bits per heavy atom. The lowest BCUT2D eigenvalue weighted by Crippen LogP contribution is -2.04. The number of pyridine rings is 1. The van der Waals surface area contributed by atoms with Crippen molar-refractivity contribution in [1.82, 2.24) is 25.6 Å². The molecule has 1 N–H and O–H groups in total. The van der Waals surface area contributed by atoms with E-state index in [1.165, 1.54) is 0 Å². The fourth-order valence-corrected chi connectivity index (χ4v) is 3.05. The number of H-pyrrole nitrogens is 1. The standard InChI is InChI=1S/C22H18N6O2/c1-15-4-2-3-5-18(15)21-19(29-13-16-8-10-24-11-9-16)7-6-17(12-23)22(21)30-14-20-25-27-28-26-20/h2-11H,13-14H2,1H3,(H,25,26,27,28). The first kappa shape index (κ1) is 19.1. The summed E-state index contributed by atoms with van der Waals surface area (Å²) >= 11 is 0. The van der Waals surface area contributed by atoms with Crippen molar-refractivity contribution in [2.24, 2.45) is 0 Å². The largest absolute Gasteiger partial charge is 0.488 e. The Kier molecular flexibility index (Phi) is 5.62. The Labute approximate surface area is 173 Å². The molecule has 0 saturated heterocycles. The predicted molar refractivity (Wildman–Crippen MR) is 108 cm³/mol. The number of tetrazole rings is 1. The van der Waals surface area contributed by atoms with Crippen molar-refractivity contribution in [3.63, 3.8) is 0 Å². The number of nitrogens with zero attached hydrogens (tertiary/aromatic N) is 5. The molecule has 30 heavy (non-hydrogen) atoms. The third-order valence-corrected chi connectivity index (χ3v) is 4.54. The fraction of sp³-hybridized carbons (Fsp3) is 0.136. The number of nitriles is 1. The zero-order chi connectivity index (χ0) is 20.8. The number of hydrogen-bond donors (Lipinski definition) is 1. The summed E-state index contributed by atoms with van der Waals surface area (Å²) in [4.78, 5) is 4.03. The molecule has 2 aromatic carbocycles. The van der Waals surface area contributed by atoms with Crippen molar-refractivity contribution >= 4 is 0 Å². The quantitative estimate of drug-likeness (QED) is 0.506. The zero-order valence-electron chi connectivity index (χ0n) is 16.2. The Bertz CT molecular complexity index is 1170. The van der Waals surface area contributed by atoms with Crippen LogP contribution in [0.4, 0.5) is 0 Å². The Morgan fingerprint density at radius 2 is 1.83 bits per heavy atom. The molecule has 4 aromatic rings. The smallest absolute Gasteiger partial charge is 0.186 e. The van der Waals surface area contributed by atoms with E-state index in [4.69, 9.17) is 9.47 Å². The van der Waals surface area contributed by atoms with Gasteiger partial charge in [0.1, 0.15) is 30.8 Å². The number of aromatic nitrogens is 5. The number of ether oxygens (including phenoxy) is 2. The molecule has 0 unspecified atom stereocenters. The average molecular weight is 398 g/mol. The summed E-state index contributed by atoms with van der Waals surface area (Å²) in [5, 5.41) is 23.3. The molecule has 8 heteroatoms. The van der Waals surface area contributed by atoms with Crippen LogP contribution in [-0.2, 0) is 13.2 Å². The maximum Gasteiger partial charge on any atom is 0.186 e. The highest BCUT2D eigenvalue weighted by Gasteiger charge is 2.20. The van der Waals surface area contributed by atoms with Crippen LogP contribution in [0.1, 0.15) is 22.5 Å². The van der Waals surface area contributed by atoms with E-state index in [9.17, 15) is 5.26 Å².